The van der Waals surface area contributed by atoms with Crippen LogP contribution in [0.4, 0.5) is 0 Å². The van der Waals surface area contributed by atoms with Gasteiger partial charge in [0.25, 0.3) is 5.91 Å². The van der Waals surface area contributed by atoms with E-state index in [1.54, 1.807) is 12.6 Å². The van der Waals surface area contributed by atoms with Crippen molar-refractivity contribution in [3.05, 3.63) is 75.5 Å². The summed E-state index contributed by atoms with van der Waals surface area (Å²) >= 11 is 1.42. The highest BCUT2D eigenvalue weighted by molar-refractivity contribution is 7.11. The largest absolute Gasteiger partial charge is 0.497 e. The Bertz CT molecular complexity index is 985. The number of pyridine rings is 1. The molecule has 0 unspecified atom stereocenters. The van der Waals surface area contributed by atoms with Gasteiger partial charge in [0.05, 0.1) is 30.1 Å². The maximum Gasteiger partial charge on any atom is 0.266 e. The third-order valence-corrected chi connectivity index (χ3v) is 6.06. The Morgan fingerprint density at radius 3 is 2.93 bits per heavy atom. The molecule has 144 valence electrons. The van der Waals surface area contributed by atoms with Gasteiger partial charge in [-0.3, -0.25) is 9.78 Å². The van der Waals surface area contributed by atoms with Crippen LogP contribution in [0.1, 0.15) is 51.2 Å². The summed E-state index contributed by atoms with van der Waals surface area (Å²) in [5.41, 5.74) is 5.66. The van der Waals surface area contributed by atoms with Crippen molar-refractivity contribution in [2.45, 2.75) is 32.2 Å². The number of carbonyl (C=O) groups is 1. The first-order valence-corrected chi connectivity index (χ1v) is 10.3. The maximum absolute atomic E-state index is 13.0. The van der Waals surface area contributed by atoms with Gasteiger partial charge in [0.15, 0.2) is 0 Å². The lowest BCUT2D eigenvalue weighted by molar-refractivity contribution is 0.0736. The van der Waals surface area contributed by atoms with E-state index in [0.29, 0.717) is 0 Å². The number of hydrogen-bond donors (Lipinski definition) is 0. The maximum atomic E-state index is 13.0. The van der Waals surface area contributed by atoms with E-state index >= 15 is 0 Å². The normalized spacial score (nSPS) is 16.4. The van der Waals surface area contributed by atoms with Crippen LogP contribution in [0.15, 0.2) is 48.0 Å². The molecule has 2 aromatic heterocycles. The fraction of sp³-hybridized carbons (Fsp3) is 0.318. The average Bonchev–Trinajstić information content (AvgIpc) is 3.37. The number of aryl methyl sites for hydroxylation is 1. The van der Waals surface area contributed by atoms with Gasteiger partial charge in [0.2, 0.25) is 0 Å². The molecule has 0 bridgehead atoms. The highest BCUT2D eigenvalue weighted by Crippen LogP contribution is 2.33. The predicted octanol–water partition coefficient (Wildman–Crippen LogP) is 4.42. The van der Waals surface area contributed by atoms with Gasteiger partial charge < -0.3 is 9.64 Å². The van der Waals surface area contributed by atoms with Crippen LogP contribution in [-0.2, 0) is 6.42 Å². The summed E-state index contributed by atoms with van der Waals surface area (Å²) in [6.45, 7) is 2.66. The molecule has 0 N–H and O–H groups in total. The van der Waals surface area contributed by atoms with E-state index < -0.39 is 0 Å². The van der Waals surface area contributed by atoms with Crippen LogP contribution in [-0.4, -0.2) is 34.4 Å². The summed E-state index contributed by atoms with van der Waals surface area (Å²) in [7, 11) is 1.68. The molecule has 0 spiro atoms. The summed E-state index contributed by atoms with van der Waals surface area (Å²) in [5.74, 6) is 0.920. The molecule has 1 amide bonds. The zero-order valence-corrected chi connectivity index (χ0v) is 16.9. The van der Waals surface area contributed by atoms with E-state index in [2.05, 4.69) is 11.1 Å². The average molecular weight is 394 g/mol. The number of carbonyl (C=O) groups excluding carboxylic acids is 1. The van der Waals surface area contributed by atoms with Crippen LogP contribution in [0.2, 0.25) is 0 Å². The predicted molar refractivity (Wildman–Crippen MR) is 110 cm³/mol. The molecule has 6 heteroatoms. The lowest BCUT2D eigenvalue weighted by Gasteiger charge is -2.24. The van der Waals surface area contributed by atoms with Crippen LogP contribution < -0.4 is 4.74 Å². The number of thiazole rings is 1. The van der Waals surface area contributed by atoms with Crippen LogP contribution in [0.25, 0.3) is 0 Å². The second kappa shape index (κ2) is 8.10. The molecule has 1 aromatic carbocycles. The van der Waals surface area contributed by atoms with Crippen molar-refractivity contribution in [2.24, 2.45) is 0 Å². The fourth-order valence-electron chi connectivity index (χ4n) is 3.73. The second-order valence-electron chi connectivity index (χ2n) is 7.01. The molecule has 0 saturated carbocycles. The lowest BCUT2D eigenvalue weighted by atomic mass is 10.1. The standard InChI is InChI=1S/C22H23N3O2S/c1-15-21(28-14-23-15)22(26)25-11-5-10-20(25)19-9-4-7-17(24-19)12-16-6-3-8-18(13-16)27-2/h3-4,6-9,13-14,20H,5,10-12H2,1-2H3/t20-/m1/s1. The first kappa shape index (κ1) is 18.6. The summed E-state index contributed by atoms with van der Waals surface area (Å²) in [4.78, 5) is 24.8. The number of aromatic nitrogens is 2. The molecule has 0 aliphatic carbocycles. The van der Waals surface area contributed by atoms with Gasteiger partial charge in [-0.15, -0.1) is 11.3 Å². The molecule has 0 radical (unpaired) electrons. The van der Waals surface area contributed by atoms with Gasteiger partial charge in [0, 0.05) is 18.7 Å². The van der Waals surface area contributed by atoms with Crippen molar-refractivity contribution in [1.29, 1.82) is 0 Å². The fourth-order valence-corrected chi connectivity index (χ4v) is 4.49. The summed E-state index contributed by atoms with van der Waals surface area (Å²) in [6.07, 6.45) is 2.68. The Morgan fingerprint density at radius 1 is 1.29 bits per heavy atom. The number of methoxy groups -OCH3 is 1. The highest BCUT2D eigenvalue weighted by atomic mass is 32.1. The van der Waals surface area contributed by atoms with E-state index in [4.69, 9.17) is 9.72 Å². The third-order valence-electron chi connectivity index (χ3n) is 5.14. The topological polar surface area (TPSA) is 55.3 Å². The van der Waals surface area contributed by atoms with Crippen molar-refractivity contribution >= 4 is 17.2 Å². The number of likely N-dealkylation sites (tertiary alicyclic amines) is 1. The van der Waals surface area contributed by atoms with Gasteiger partial charge in [-0.05, 0) is 49.6 Å². The highest BCUT2D eigenvalue weighted by Gasteiger charge is 2.32. The van der Waals surface area contributed by atoms with Gasteiger partial charge in [-0.25, -0.2) is 4.98 Å². The Hall–Kier alpha value is -2.73. The molecule has 1 fully saturated rings. The van der Waals surface area contributed by atoms with E-state index in [1.165, 1.54) is 11.3 Å². The molecule has 1 aliphatic rings. The second-order valence-corrected chi connectivity index (χ2v) is 7.86. The smallest absolute Gasteiger partial charge is 0.266 e. The number of hydrogen-bond acceptors (Lipinski definition) is 5. The summed E-state index contributed by atoms with van der Waals surface area (Å²) < 4.78 is 5.31. The molecule has 1 atom stereocenters. The quantitative estimate of drug-likeness (QED) is 0.644. The molecule has 3 aromatic rings. The Labute approximate surface area is 169 Å². The summed E-state index contributed by atoms with van der Waals surface area (Å²) in [5, 5.41) is 0. The molecule has 5 nitrogen and oxygen atoms in total. The monoisotopic (exact) mass is 393 g/mol. The van der Waals surface area contributed by atoms with Crippen molar-refractivity contribution in [2.75, 3.05) is 13.7 Å². The van der Waals surface area contributed by atoms with Gasteiger partial charge in [-0.1, -0.05) is 18.2 Å². The number of ether oxygens (including phenoxy) is 1. The number of rotatable bonds is 5. The minimum atomic E-state index is 0.0271. The van der Waals surface area contributed by atoms with Crippen LogP contribution >= 0.6 is 11.3 Å². The zero-order chi connectivity index (χ0) is 19.5. The molecule has 1 aliphatic heterocycles. The van der Waals surface area contributed by atoms with E-state index in [9.17, 15) is 4.79 Å². The van der Waals surface area contributed by atoms with Crippen molar-refractivity contribution in [1.82, 2.24) is 14.9 Å². The van der Waals surface area contributed by atoms with Crippen molar-refractivity contribution < 1.29 is 9.53 Å². The van der Waals surface area contributed by atoms with Crippen molar-refractivity contribution in [3.63, 3.8) is 0 Å². The number of benzene rings is 1. The Morgan fingerprint density at radius 2 is 2.14 bits per heavy atom. The number of amides is 1. The minimum Gasteiger partial charge on any atom is -0.497 e. The molecule has 1 saturated heterocycles. The van der Waals surface area contributed by atoms with Crippen LogP contribution in [0.3, 0.4) is 0 Å². The van der Waals surface area contributed by atoms with E-state index in [1.807, 2.05) is 48.2 Å². The van der Waals surface area contributed by atoms with E-state index in [0.717, 1.165) is 59.1 Å². The van der Waals surface area contributed by atoms with Gasteiger partial charge >= 0.3 is 0 Å². The third kappa shape index (κ3) is 3.78. The SMILES string of the molecule is COc1cccc(Cc2cccc([C@H]3CCCN3C(=O)c3scnc3C)n2)c1. The Kier molecular flexibility index (Phi) is 5.39. The summed E-state index contributed by atoms with van der Waals surface area (Å²) in [6, 6.07) is 14.2. The first-order valence-electron chi connectivity index (χ1n) is 9.45. The minimum absolute atomic E-state index is 0.0271. The van der Waals surface area contributed by atoms with Crippen LogP contribution in [0, 0.1) is 6.92 Å². The first-order chi connectivity index (χ1) is 13.7. The van der Waals surface area contributed by atoms with Gasteiger partial charge in [-0.2, -0.15) is 0 Å². The Balaban J connectivity index is 1.56. The molecular formula is C22H23N3O2S. The van der Waals surface area contributed by atoms with Crippen LogP contribution in [0.5, 0.6) is 5.75 Å². The lowest BCUT2D eigenvalue weighted by Crippen LogP contribution is -2.31. The molecule has 3 heterocycles. The zero-order valence-electron chi connectivity index (χ0n) is 16.1. The molecule has 28 heavy (non-hydrogen) atoms. The van der Waals surface area contributed by atoms with E-state index in [-0.39, 0.29) is 11.9 Å². The van der Waals surface area contributed by atoms with Gasteiger partial charge in [0.1, 0.15) is 10.6 Å². The molecular weight excluding hydrogens is 370 g/mol. The molecule has 4 rings (SSSR count). The number of nitrogens with zero attached hydrogens (tertiary/aromatic N) is 3. The van der Waals surface area contributed by atoms with Crippen molar-refractivity contribution in [3.8, 4) is 5.75 Å².